The minimum absolute atomic E-state index is 0.0437. The predicted octanol–water partition coefficient (Wildman–Crippen LogP) is 0.970. The summed E-state index contributed by atoms with van der Waals surface area (Å²) in [6.45, 7) is 1.60. The molecule has 1 saturated heterocycles. The van der Waals surface area contributed by atoms with Crippen molar-refractivity contribution in [3.8, 4) is 0 Å². The number of nitrogens with one attached hydrogen (secondary N) is 3. The molecule has 3 fully saturated rings. The van der Waals surface area contributed by atoms with E-state index in [9.17, 15) is 14.7 Å². The highest BCUT2D eigenvalue weighted by Gasteiger charge is 2.54. The second-order valence-electron chi connectivity index (χ2n) is 10.1. The smallest absolute Gasteiger partial charge is 0.239 e. The van der Waals surface area contributed by atoms with Gasteiger partial charge in [-0.2, -0.15) is 0 Å². The van der Waals surface area contributed by atoms with E-state index in [1.807, 2.05) is 11.9 Å². The van der Waals surface area contributed by atoms with Crippen LogP contribution in [0.25, 0.3) is 0 Å². The highest BCUT2D eigenvalue weighted by atomic mass is 16.3. The number of amides is 2. The largest absolute Gasteiger partial charge is 0.365 e. The highest BCUT2D eigenvalue weighted by Crippen LogP contribution is 2.48. The molecule has 8 nitrogen and oxygen atoms in total. The van der Waals surface area contributed by atoms with Crippen LogP contribution >= 0.6 is 0 Å². The molecule has 1 heterocycles. The second kappa shape index (κ2) is 10.1. The van der Waals surface area contributed by atoms with Gasteiger partial charge in [0.15, 0.2) is 6.35 Å². The molecule has 1 atom stereocenters. The first-order valence-electron chi connectivity index (χ1n) is 12.3. The molecule has 3 aliphatic rings. The van der Waals surface area contributed by atoms with E-state index < -0.39 is 6.35 Å². The van der Waals surface area contributed by atoms with Crippen molar-refractivity contribution in [1.29, 1.82) is 0 Å². The summed E-state index contributed by atoms with van der Waals surface area (Å²) in [7, 11) is 3.59. The first kappa shape index (κ1) is 24.1. The lowest BCUT2D eigenvalue weighted by atomic mass is 9.68. The number of hydrogen-bond donors (Lipinski definition) is 4. The van der Waals surface area contributed by atoms with E-state index in [-0.39, 0.29) is 36.0 Å². The van der Waals surface area contributed by atoms with E-state index >= 15 is 0 Å². The fraction of sp³-hybridized carbons (Fsp3) is 0.680. The minimum Gasteiger partial charge on any atom is -0.365 e. The monoisotopic (exact) mass is 457 g/mol. The Morgan fingerprint density at radius 2 is 1.76 bits per heavy atom. The van der Waals surface area contributed by atoms with Gasteiger partial charge < -0.3 is 21.1 Å². The third-order valence-electron chi connectivity index (χ3n) is 8.30. The Morgan fingerprint density at radius 1 is 1.06 bits per heavy atom. The quantitative estimate of drug-likeness (QED) is 0.465. The fourth-order valence-corrected chi connectivity index (χ4v) is 5.91. The van der Waals surface area contributed by atoms with Crippen LogP contribution in [-0.2, 0) is 15.1 Å². The van der Waals surface area contributed by atoms with Crippen molar-refractivity contribution in [2.75, 3.05) is 40.3 Å². The summed E-state index contributed by atoms with van der Waals surface area (Å²) in [5, 5.41) is 20.1. The SMILES string of the molecule is CNC(=O)CNC(=O)CN1CC2(CCC(NC)(c3ccccc3)CC2)N(CC2CCC2)C1O. The standard InChI is InChI=1S/C25H39N5O3/c1-26-21(31)15-28-22(32)17-29-18-24(30(23(29)33)16-19-7-6-8-19)11-13-25(27-2,14-12-24)20-9-4-3-5-10-20/h3-5,9-10,19,23,27,33H,6-8,11-18H2,1-2H3,(H,26,31)(H,28,32). The number of nitrogens with zero attached hydrogens (tertiary/aromatic N) is 2. The van der Waals surface area contributed by atoms with E-state index in [2.05, 4.69) is 51.2 Å². The molecule has 33 heavy (non-hydrogen) atoms. The molecule has 2 amide bonds. The molecule has 0 radical (unpaired) electrons. The lowest BCUT2D eigenvalue weighted by Gasteiger charge is -2.50. The maximum absolute atomic E-state index is 12.5. The van der Waals surface area contributed by atoms with Crippen LogP contribution in [0.5, 0.6) is 0 Å². The molecule has 4 rings (SSSR count). The Hall–Kier alpha value is -2.00. The molecule has 1 unspecified atom stereocenters. The molecular weight excluding hydrogens is 418 g/mol. The molecule has 1 aromatic rings. The molecule has 0 bridgehead atoms. The lowest BCUT2D eigenvalue weighted by Crippen LogP contribution is -2.57. The summed E-state index contributed by atoms with van der Waals surface area (Å²) in [4.78, 5) is 28.1. The van der Waals surface area contributed by atoms with Crippen molar-refractivity contribution in [1.82, 2.24) is 25.8 Å². The zero-order valence-electron chi connectivity index (χ0n) is 20.0. The Kier molecular flexibility index (Phi) is 7.38. The summed E-state index contributed by atoms with van der Waals surface area (Å²) >= 11 is 0. The van der Waals surface area contributed by atoms with Crippen LogP contribution in [0.2, 0.25) is 0 Å². The van der Waals surface area contributed by atoms with E-state index in [1.54, 1.807) is 7.05 Å². The number of likely N-dealkylation sites (N-methyl/N-ethyl adjacent to an activating group) is 1. The fourth-order valence-electron chi connectivity index (χ4n) is 5.91. The first-order valence-corrected chi connectivity index (χ1v) is 12.3. The predicted molar refractivity (Wildman–Crippen MR) is 127 cm³/mol. The molecule has 1 aromatic carbocycles. The van der Waals surface area contributed by atoms with E-state index in [0.29, 0.717) is 12.5 Å². The van der Waals surface area contributed by atoms with Gasteiger partial charge in [0.2, 0.25) is 11.8 Å². The number of carbonyl (C=O) groups is 2. The lowest BCUT2D eigenvalue weighted by molar-refractivity contribution is -0.131. The van der Waals surface area contributed by atoms with Gasteiger partial charge in [-0.25, -0.2) is 0 Å². The van der Waals surface area contributed by atoms with Crippen molar-refractivity contribution in [2.24, 2.45) is 5.92 Å². The van der Waals surface area contributed by atoms with E-state index in [0.717, 1.165) is 32.2 Å². The summed E-state index contributed by atoms with van der Waals surface area (Å²) in [5.74, 6) is 0.164. The van der Waals surface area contributed by atoms with Gasteiger partial charge in [0, 0.05) is 31.2 Å². The van der Waals surface area contributed by atoms with Crippen molar-refractivity contribution < 1.29 is 14.7 Å². The zero-order valence-corrected chi connectivity index (χ0v) is 20.0. The van der Waals surface area contributed by atoms with Gasteiger partial charge in [-0.05, 0) is 57.1 Å². The number of hydrogen-bond acceptors (Lipinski definition) is 6. The molecule has 2 aliphatic carbocycles. The molecule has 182 valence electrons. The topological polar surface area (TPSA) is 96.9 Å². The van der Waals surface area contributed by atoms with Crippen molar-refractivity contribution >= 4 is 11.8 Å². The van der Waals surface area contributed by atoms with Crippen molar-refractivity contribution in [2.45, 2.75) is 62.4 Å². The van der Waals surface area contributed by atoms with Crippen molar-refractivity contribution in [3.63, 3.8) is 0 Å². The van der Waals surface area contributed by atoms with Gasteiger partial charge >= 0.3 is 0 Å². The highest BCUT2D eigenvalue weighted by molar-refractivity contribution is 5.85. The zero-order chi connectivity index (χ0) is 23.5. The van der Waals surface area contributed by atoms with Crippen molar-refractivity contribution in [3.05, 3.63) is 35.9 Å². The summed E-state index contributed by atoms with van der Waals surface area (Å²) in [6, 6.07) is 10.7. The van der Waals surface area contributed by atoms with Gasteiger partial charge in [-0.1, -0.05) is 36.8 Å². The Balaban J connectivity index is 1.48. The summed E-state index contributed by atoms with van der Waals surface area (Å²) in [5.41, 5.74) is 1.13. The average Bonchev–Trinajstić information content (AvgIpc) is 3.06. The average molecular weight is 458 g/mol. The third-order valence-corrected chi connectivity index (χ3v) is 8.30. The molecule has 8 heteroatoms. The Morgan fingerprint density at radius 3 is 2.33 bits per heavy atom. The van der Waals surface area contributed by atoms with Gasteiger partial charge in [-0.15, -0.1) is 0 Å². The summed E-state index contributed by atoms with van der Waals surface area (Å²) in [6.07, 6.45) is 6.83. The number of aliphatic hydroxyl groups excluding tert-OH is 1. The minimum atomic E-state index is -0.768. The van der Waals surface area contributed by atoms with Gasteiger partial charge in [-0.3, -0.25) is 19.4 Å². The van der Waals surface area contributed by atoms with Crippen LogP contribution in [0, 0.1) is 5.92 Å². The second-order valence-corrected chi connectivity index (χ2v) is 10.1. The Labute approximate surface area is 197 Å². The number of benzene rings is 1. The van der Waals surface area contributed by atoms with Crippen LogP contribution in [0.1, 0.15) is 50.5 Å². The van der Waals surface area contributed by atoms with E-state index in [1.165, 1.54) is 24.8 Å². The van der Waals surface area contributed by atoms with E-state index in [4.69, 9.17) is 0 Å². The van der Waals surface area contributed by atoms with Crippen LogP contribution in [0.4, 0.5) is 0 Å². The van der Waals surface area contributed by atoms with Crippen LogP contribution in [0.3, 0.4) is 0 Å². The van der Waals surface area contributed by atoms with Gasteiger partial charge in [0.05, 0.1) is 13.1 Å². The molecule has 0 aromatic heterocycles. The number of rotatable bonds is 8. The number of aliphatic hydroxyl groups is 1. The molecule has 1 spiro atoms. The normalized spacial score (nSPS) is 30.8. The van der Waals surface area contributed by atoms with Crippen LogP contribution in [0.15, 0.2) is 30.3 Å². The summed E-state index contributed by atoms with van der Waals surface area (Å²) < 4.78 is 0. The molecule has 2 saturated carbocycles. The third kappa shape index (κ3) is 4.94. The van der Waals surface area contributed by atoms with Crippen LogP contribution in [-0.4, -0.2) is 78.9 Å². The Bertz CT molecular complexity index is 821. The first-order chi connectivity index (χ1) is 15.9. The van der Waals surface area contributed by atoms with Crippen LogP contribution < -0.4 is 16.0 Å². The van der Waals surface area contributed by atoms with Gasteiger partial charge in [0.25, 0.3) is 0 Å². The molecule has 1 aliphatic heterocycles. The molecule has 4 N–H and O–H groups in total. The maximum Gasteiger partial charge on any atom is 0.239 e. The number of carbonyl (C=O) groups excluding carboxylic acids is 2. The van der Waals surface area contributed by atoms with Gasteiger partial charge in [0.1, 0.15) is 0 Å². The maximum atomic E-state index is 12.5. The molecular formula is C25H39N5O3.